The van der Waals surface area contributed by atoms with Gasteiger partial charge in [-0.05, 0) is 37.9 Å². The number of nitrogens with zero attached hydrogens (tertiary/aromatic N) is 2. The van der Waals surface area contributed by atoms with Crippen molar-refractivity contribution in [3.05, 3.63) is 36.5 Å². The van der Waals surface area contributed by atoms with Crippen LogP contribution in [0.5, 0.6) is 0 Å². The van der Waals surface area contributed by atoms with E-state index in [0.29, 0.717) is 12.5 Å². The Morgan fingerprint density at radius 2 is 2.17 bits per heavy atom. The van der Waals surface area contributed by atoms with E-state index in [0.717, 1.165) is 29.7 Å². The minimum absolute atomic E-state index is 0.0728. The molecule has 3 rings (SSSR count). The predicted octanol–water partition coefficient (Wildman–Crippen LogP) is 3.83. The summed E-state index contributed by atoms with van der Waals surface area (Å²) in [6.07, 6.45) is 7.33. The Kier molecular flexibility index (Phi) is 5.23. The molecule has 1 aliphatic rings. The number of hydrogen-bond acceptors (Lipinski definition) is 3. The Morgan fingerprint density at radius 3 is 3.04 bits per heavy atom. The van der Waals surface area contributed by atoms with E-state index < -0.39 is 0 Å². The Hall–Kier alpha value is -1.94. The minimum Gasteiger partial charge on any atom is -0.324 e. The SMILES string of the molecule is CCC1CCCCN1CCC(=O)Nc1cccc2cccnc12. The molecule has 1 unspecified atom stereocenters. The van der Waals surface area contributed by atoms with Gasteiger partial charge in [0.25, 0.3) is 0 Å². The van der Waals surface area contributed by atoms with Crippen molar-refractivity contribution in [1.29, 1.82) is 0 Å². The van der Waals surface area contributed by atoms with Crippen LogP contribution in [0.1, 0.15) is 39.0 Å². The number of benzene rings is 1. The van der Waals surface area contributed by atoms with Gasteiger partial charge in [-0.2, -0.15) is 0 Å². The number of piperidine rings is 1. The number of para-hydroxylation sites is 1. The van der Waals surface area contributed by atoms with Crippen LogP contribution in [-0.4, -0.2) is 34.9 Å². The lowest BCUT2D eigenvalue weighted by Crippen LogP contribution is -2.40. The summed E-state index contributed by atoms with van der Waals surface area (Å²) in [5, 5.41) is 4.08. The van der Waals surface area contributed by atoms with Crippen LogP contribution in [0.4, 0.5) is 5.69 Å². The standard InChI is InChI=1S/C19H25N3O/c1-2-16-9-3-4-13-22(16)14-11-18(23)21-17-10-5-7-15-8-6-12-20-19(15)17/h5-8,10,12,16H,2-4,9,11,13-14H2,1H3,(H,21,23). The van der Waals surface area contributed by atoms with Crippen LogP contribution in [0, 0.1) is 0 Å². The van der Waals surface area contributed by atoms with Crippen molar-refractivity contribution in [3.8, 4) is 0 Å². The van der Waals surface area contributed by atoms with Crippen LogP contribution in [0.15, 0.2) is 36.5 Å². The molecule has 1 aromatic heterocycles. The Morgan fingerprint density at radius 1 is 1.30 bits per heavy atom. The van der Waals surface area contributed by atoms with Crippen molar-refractivity contribution in [2.45, 2.75) is 45.1 Å². The average Bonchev–Trinajstić information content (AvgIpc) is 2.60. The number of hydrogen-bond donors (Lipinski definition) is 1. The fourth-order valence-electron chi connectivity index (χ4n) is 3.48. The van der Waals surface area contributed by atoms with Gasteiger partial charge in [-0.25, -0.2) is 0 Å². The van der Waals surface area contributed by atoms with Crippen molar-refractivity contribution in [2.24, 2.45) is 0 Å². The zero-order valence-corrected chi connectivity index (χ0v) is 13.8. The van der Waals surface area contributed by atoms with Gasteiger partial charge < -0.3 is 5.32 Å². The number of carbonyl (C=O) groups is 1. The van der Waals surface area contributed by atoms with E-state index in [1.165, 1.54) is 25.7 Å². The lowest BCUT2D eigenvalue weighted by molar-refractivity contribution is -0.116. The molecule has 0 bridgehead atoms. The van der Waals surface area contributed by atoms with Gasteiger partial charge in [0.1, 0.15) is 0 Å². The van der Waals surface area contributed by atoms with E-state index in [2.05, 4.69) is 22.1 Å². The van der Waals surface area contributed by atoms with E-state index in [4.69, 9.17) is 0 Å². The summed E-state index contributed by atoms with van der Waals surface area (Å²) >= 11 is 0. The molecule has 122 valence electrons. The molecule has 1 atom stereocenters. The number of nitrogens with one attached hydrogen (secondary N) is 1. The summed E-state index contributed by atoms with van der Waals surface area (Å²) in [5.41, 5.74) is 1.66. The molecule has 1 N–H and O–H groups in total. The fourth-order valence-corrected chi connectivity index (χ4v) is 3.48. The first-order valence-electron chi connectivity index (χ1n) is 8.65. The molecule has 0 aliphatic carbocycles. The molecule has 4 nitrogen and oxygen atoms in total. The Labute approximate surface area is 137 Å². The molecule has 0 radical (unpaired) electrons. The van der Waals surface area contributed by atoms with Crippen molar-refractivity contribution in [2.75, 3.05) is 18.4 Å². The summed E-state index contributed by atoms with van der Waals surface area (Å²) in [6.45, 7) is 4.22. The molecular formula is C19H25N3O. The number of amides is 1. The molecule has 1 aromatic carbocycles. The van der Waals surface area contributed by atoms with Crippen LogP contribution in [0.3, 0.4) is 0 Å². The molecule has 0 saturated carbocycles. The van der Waals surface area contributed by atoms with Gasteiger partial charge in [-0.1, -0.05) is 31.5 Å². The summed E-state index contributed by atoms with van der Waals surface area (Å²) in [7, 11) is 0. The van der Waals surface area contributed by atoms with Gasteiger partial charge in [0.15, 0.2) is 0 Å². The first kappa shape index (κ1) is 15.9. The number of rotatable bonds is 5. The van der Waals surface area contributed by atoms with Crippen LogP contribution in [0.2, 0.25) is 0 Å². The summed E-state index contributed by atoms with van der Waals surface area (Å²) < 4.78 is 0. The second-order valence-electron chi connectivity index (χ2n) is 6.27. The fraction of sp³-hybridized carbons (Fsp3) is 0.474. The van der Waals surface area contributed by atoms with Gasteiger partial charge in [0.2, 0.25) is 5.91 Å². The molecule has 1 aliphatic heterocycles. The molecule has 2 aromatic rings. The third-order valence-electron chi connectivity index (χ3n) is 4.75. The van der Waals surface area contributed by atoms with Crippen molar-refractivity contribution in [1.82, 2.24) is 9.88 Å². The maximum Gasteiger partial charge on any atom is 0.225 e. The van der Waals surface area contributed by atoms with E-state index in [1.54, 1.807) is 6.20 Å². The minimum atomic E-state index is 0.0728. The van der Waals surface area contributed by atoms with Gasteiger partial charge in [0, 0.05) is 30.6 Å². The second kappa shape index (κ2) is 7.55. The van der Waals surface area contributed by atoms with E-state index in [1.807, 2.05) is 30.3 Å². The number of aromatic nitrogens is 1. The smallest absolute Gasteiger partial charge is 0.225 e. The van der Waals surface area contributed by atoms with E-state index >= 15 is 0 Å². The molecule has 1 saturated heterocycles. The quantitative estimate of drug-likeness (QED) is 0.913. The predicted molar refractivity (Wildman–Crippen MR) is 94.5 cm³/mol. The highest BCUT2D eigenvalue weighted by molar-refractivity contribution is 6.00. The lowest BCUT2D eigenvalue weighted by atomic mass is 10.00. The molecule has 23 heavy (non-hydrogen) atoms. The number of anilines is 1. The largest absolute Gasteiger partial charge is 0.324 e. The summed E-state index contributed by atoms with van der Waals surface area (Å²) in [4.78, 5) is 19.2. The highest BCUT2D eigenvalue weighted by Gasteiger charge is 2.21. The Balaban J connectivity index is 1.60. The maximum atomic E-state index is 12.3. The lowest BCUT2D eigenvalue weighted by Gasteiger charge is -2.35. The number of fused-ring (bicyclic) bond motifs is 1. The molecule has 1 amide bonds. The van der Waals surface area contributed by atoms with Crippen molar-refractivity contribution >= 4 is 22.5 Å². The van der Waals surface area contributed by atoms with Gasteiger partial charge in [0.05, 0.1) is 11.2 Å². The van der Waals surface area contributed by atoms with Crippen LogP contribution in [0.25, 0.3) is 10.9 Å². The number of carbonyl (C=O) groups excluding carboxylic acids is 1. The topological polar surface area (TPSA) is 45.2 Å². The second-order valence-corrected chi connectivity index (χ2v) is 6.27. The van der Waals surface area contributed by atoms with Gasteiger partial charge >= 0.3 is 0 Å². The molecule has 1 fully saturated rings. The highest BCUT2D eigenvalue weighted by Crippen LogP contribution is 2.22. The molecular weight excluding hydrogens is 286 g/mol. The zero-order valence-electron chi connectivity index (χ0n) is 13.8. The third-order valence-corrected chi connectivity index (χ3v) is 4.75. The number of pyridine rings is 1. The van der Waals surface area contributed by atoms with Gasteiger partial charge in [-0.15, -0.1) is 0 Å². The zero-order chi connectivity index (χ0) is 16.1. The van der Waals surface area contributed by atoms with E-state index in [-0.39, 0.29) is 5.91 Å². The Bertz CT molecular complexity index is 665. The normalized spacial score (nSPS) is 18.9. The highest BCUT2D eigenvalue weighted by atomic mass is 16.1. The number of likely N-dealkylation sites (tertiary alicyclic amines) is 1. The maximum absolute atomic E-state index is 12.3. The van der Waals surface area contributed by atoms with Crippen LogP contribution in [-0.2, 0) is 4.79 Å². The van der Waals surface area contributed by atoms with Crippen molar-refractivity contribution < 1.29 is 4.79 Å². The summed E-state index contributed by atoms with van der Waals surface area (Å²) in [5.74, 6) is 0.0728. The molecule has 0 spiro atoms. The first-order valence-corrected chi connectivity index (χ1v) is 8.65. The first-order chi connectivity index (χ1) is 11.3. The van der Waals surface area contributed by atoms with Crippen molar-refractivity contribution in [3.63, 3.8) is 0 Å². The van der Waals surface area contributed by atoms with E-state index in [9.17, 15) is 4.79 Å². The van der Waals surface area contributed by atoms with Crippen LogP contribution >= 0.6 is 0 Å². The third kappa shape index (κ3) is 3.88. The molecule has 4 heteroatoms. The summed E-state index contributed by atoms with van der Waals surface area (Å²) in [6, 6.07) is 10.5. The van der Waals surface area contributed by atoms with Gasteiger partial charge in [-0.3, -0.25) is 14.7 Å². The molecule has 2 heterocycles. The average molecular weight is 311 g/mol. The monoisotopic (exact) mass is 311 g/mol. The van der Waals surface area contributed by atoms with Crippen LogP contribution < -0.4 is 5.32 Å².